The molecule has 0 radical (unpaired) electrons. The van der Waals surface area contributed by atoms with Crippen molar-refractivity contribution in [3.05, 3.63) is 21.9 Å². The molecule has 1 N–H and O–H groups in total. The molecule has 17 heavy (non-hydrogen) atoms. The second-order valence-electron chi connectivity index (χ2n) is 6.46. The summed E-state index contributed by atoms with van der Waals surface area (Å²) in [4.78, 5) is 1.65. The van der Waals surface area contributed by atoms with Crippen molar-refractivity contribution in [2.75, 3.05) is 0 Å². The Labute approximate surface area is 109 Å². The fourth-order valence-electron chi connectivity index (χ4n) is 4.26. The van der Waals surface area contributed by atoms with Gasteiger partial charge in [-0.1, -0.05) is 13.8 Å². The van der Waals surface area contributed by atoms with E-state index >= 15 is 0 Å². The Morgan fingerprint density at radius 2 is 1.94 bits per heavy atom. The van der Waals surface area contributed by atoms with Crippen LogP contribution in [0.15, 0.2) is 11.4 Å². The maximum absolute atomic E-state index is 3.95. The SMILES string of the molecule is C[C@@H]1C[C@@H](C)CC2(C1)N[C@@H](C)Cc1ccsc12. The van der Waals surface area contributed by atoms with Crippen molar-refractivity contribution in [3.63, 3.8) is 0 Å². The van der Waals surface area contributed by atoms with E-state index in [1.807, 2.05) is 11.3 Å². The van der Waals surface area contributed by atoms with Crippen LogP contribution in [-0.4, -0.2) is 6.04 Å². The van der Waals surface area contributed by atoms with Crippen molar-refractivity contribution in [1.82, 2.24) is 5.32 Å². The van der Waals surface area contributed by atoms with E-state index in [0.717, 1.165) is 11.8 Å². The molecule has 1 aromatic rings. The third-order valence-corrected chi connectivity index (χ3v) is 5.59. The molecule has 2 heteroatoms. The molecule has 0 bridgehead atoms. The van der Waals surface area contributed by atoms with E-state index in [0.29, 0.717) is 11.6 Å². The summed E-state index contributed by atoms with van der Waals surface area (Å²) in [5.41, 5.74) is 1.92. The Morgan fingerprint density at radius 3 is 2.65 bits per heavy atom. The second-order valence-corrected chi connectivity index (χ2v) is 7.38. The van der Waals surface area contributed by atoms with Crippen LogP contribution in [0, 0.1) is 11.8 Å². The number of fused-ring (bicyclic) bond motifs is 2. The van der Waals surface area contributed by atoms with E-state index in [2.05, 4.69) is 37.5 Å². The molecular weight excluding hydrogens is 226 g/mol. The summed E-state index contributed by atoms with van der Waals surface area (Å²) in [5, 5.41) is 6.23. The summed E-state index contributed by atoms with van der Waals surface area (Å²) >= 11 is 1.97. The Hall–Kier alpha value is -0.340. The lowest BCUT2D eigenvalue weighted by Crippen LogP contribution is -2.54. The molecule has 1 nitrogen and oxygen atoms in total. The number of hydrogen-bond acceptors (Lipinski definition) is 2. The van der Waals surface area contributed by atoms with Crippen LogP contribution >= 0.6 is 11.3 Å². The molecule has 2 heterocycles. The quantitative estimate of drug-likeness (QED) is 0.734. The lowest BCUT2D eigenvalue weighted by atomic mass is 9.68. The maximum atomic E-state index is 3.95. The zero-order chi connectivity index (χ0) is 12.0. The summed E-state index contributed by atoms with van der Waals surface area (Å²) in [7, 11) is 0. The molecule has 1 aromatic heterocycles. The highest BCUT2D eigenvalue weighted by molar-refractivity contribution is 7.10. The molecule has 3 atom stereocenters. The first kappa shape index (κ1) is 11.7. The van der Waals surface area contributed by atoms with Crippen LogP contribution in [0.3, 0.4) is 0 Å². The maximum Gasteiger partial charge on any atom is 0.0538 e. The molecule has 3 rings (SSSR count). The number of thiophene rings is 1. The van der Waals surface area contributed by atoms with Crippen molar-refractivity contribution >= 4 is 11.3 Å². The smallest absolute Gasteiger partial charge is 0.0538 e. The zero-order valence-electron chi connectivity index (χ0n) is 11.1. The third-order valence-electron chi connectivity index (χ3n) is 4.43. The summed E-state index contributed by atoms with van der Waals surface area (Å²) in [6.07, 6.45) is 5.27. The lowest BCUT2D eigenvalue weighted by molar-refractivity contribution is 0.125. The second kappa shape index (κ2) is 4.10. The summed E-state index contributed by atoms with van der Waals surface area (Å²) in [6, 6.07) is 2.98. The summed E-state index contributed by atoms with van der Waals surface area (Å²) < 4.78 is 0. The van der Waals surface area contributed by atoms with E-state index in [9.17, 15) is 0 Å². The Morgan fingerprint density at radius 1 is 1.24 bits per heavy atom. The molecule has 94 valence electrons. The van der Waals surface area contributed by atoms with Crippen LogP contribution in [0.4, 0.5) is 0 Å². The summed E-state index contributed by atoms with van der Waals surface area (Å²) in [5.74, 6) is 1.71. The predicted molar refractivity (Wildman–Crippen MR) is 74.5 cm³/mol. The Bertz CT molecular complexity index is 399. The van der Waals surface area contributed by atoms with Crippen LogP contribution in [0.1, 0.15) is 50.5 Å². The van der Waals surface area contributed by atoms with Gasteiger partial charge in [-0.05, 0) is 61.5 Å². The van der Waals surface area contributed by atoms with Crippen LogP contribution in [0.2, 0.25) is 0 Å². The van der Waals surface area contributed by atoms with Gasteiger partial charge >= 0.3 is 0 Å². The molecule has 0 amide bonds. The van der Waals surface area contributed by atoms with Gasteiger partial charge in [-0.15, -0.1) is 11.3 Å². The van der Waals surface area contributed by atoms with Crippen molar-refractivity contribution in [1.29, 1.82) is 0 Å². The highest BCUT2D eigenvalue weighted by Gasteiger charge is 2.44. The van der Waals surface area contributed by atoms with Gasteiger partial charge in [-0.25, -0.2) is 0 Å². The van der Waals surface area contributed by atoms with E-state index in [-0.39, 0.29) is 0 Å². The van der Waals surface area contributed by atoms with Crippen LogP contribution in [0.5, 0.6) is 0 Å². The first-order valence-corrected chi connectivity index (χ1v) is 7.81. The zero-order valence-corrected chi connectivity index (χ0v) is 11.9. The molecule has 0 saturated heterocycles. The average molecular weight is 249 g/mol. The number of nitrogens with one attached hydrogen (secondary N) is 1. The van der Waals surface area contributed by atoms with Crippen LogP contribution in [-0.2, 0) is 12.0 Å². The largest absolute Gasteiger partial charge is 0.304 e. The van der Waals surface area contributed by atoms with Crippen molar-refractivity contribution in [2.45, 2.75) is 58.0 Å². The third kappa shape index (κ3) is 1.96. The minimum Gasteiger partial charge on any atom is -0.304 e. The summed E-state index contributed by atoms with van der Waals surface area (Å²) in [6.45, 7) is 7.18. The van der Waals surface area contributed by atoms with Crippen LogP contribution < -0.4 is 5.32 Å². The molecule has 1 aliphatic carbocycles. The molecular formula is C15H23NS. The first-order valence-electron chi connectivity index (χ1n) is 6.93. The molecule has 2 aliphatic rings. The first-order chi connectivity index (χ1) is 8.09. The topological polar surface area (TPSA) is 12.0 Å². The van der Waals surface area contributed by atoms with E-state index < -0.39 is 0 Å². The fourth-order valence-corrected chi connectivity index (χ4v) is 5.39. The van der Waals surface area contributed by atoms with Gasteiger partial charge in [0.1, 0.15) is 0 Å². The molecule has 1 saturated carbocycles. The van der Waals surface area contributed by atoms with Gasteiger partial charge in [0.15, 0.2) is 0 Å². The van der Waals surface area contributed by atoms with Crippen molar-refractivity contribution < 1.29 is 0 Å². The fraction of sp³-hybridized carbons (Fsp3) is 0.733. The van der Waals surface area contributed by atoms with E-state index in [1.165, 1.54) is 25.7 Å². The van der Waals surface area contributed by atoms with E-state index in [1.54, 1.807) is 10.4 Å². The molecule has 0 aromatic carbocycles. The van der Waals surface area contributed by atoms with Crippen LogP contribution in [0.25, 0.3) is 0 Å². The standard InChI is InChI=1S/C15H23NS/c1-10-6-11(2)9-15(8-10)14-13(4-5-17-14)7-12(3)16-15/h4-5,10-12,16H,6-9H2,1-3H3/t10-,11-,12+/m1/s1. The van der Waals surface area contributed by atoms with Gasteiger partial charge in [0.25, 0.3) is 0 Å². The minimum atomic E-state index is 0.304. The van der Waals surface area contributed by atoms with Gasteiger partial charge < -0.3 is 5.32 Å². The van der Waals surface area contributed by atoms with Gasteiger partial charge in [-0.3, -0.25) is 0 Å². The molecule has 1 spiro atoms. The molecule has 1 fully saturated rings. The average Bonchev–Trinajstić information content (AvgIpc) is 2.63. The Balaban J connectivity index is 2.02. The monoisotopic (exact) mass is 249 g/mol. The highest BCUT2D eigenvalue weighted by Crippen LogP contribution is 2.47. The lowest BCUT2D eigenvalue weighted by Gasteiger charge is -2.48. The van der Waals surface area contributed by atoms with Gasteiger partial charge in [0.05, 0.1) is 5.54 Å². The van der Waals surface area contributed by atoms with Gasteiger partial charge in [0, 0.05) is 10.9 Å². The van der Waals surface area contributed by atoms with Crippen molar-refractivity contribution in [3.8, 4) is 0 Å². The predicted octanol–water partition coefficient (Wildman–Crippen LogP) is 3.93. The Kier molecular flexibility index (Phi) is 2.83. The van der Waals surface area contributed by atoms with Gasteiger partial charge in [0.2, 0.25) is 0 Å². The normalized spacial score (nSPS) is 41.5. The van der Waals surface area contributed by atoms with E-state index in [4.69, 9.17) is 0 Å². The molecule has 1 aliphatic heterocycles. The minimum absolute atomic E-state index is 0.304. The van der Waals surface area contributed by atoms with Gasteiger partial charge in [-0.2, -0.15) is 0 Å². The van der Waals surface area contributed by atoms with Crippen molar-refractivity contribution in [2.24, 2.45) is 11.8 Å². The number of hydrogen-bond donors (Lipinski definition) is 1. The number of rotatable bonds is 0. The highest BCUT2D eigenvalue weighted by atomic mass is 32.1. The molecule has 0 unspecified atom stereocenters.